The number of fused-ring (bicyclic) bond motifs is 1. The molecule has 0 saturated heterocycles. The van der Waals surface area contributed by atoms with E-state index >= 15 is 0 Å². The summed E-state index contributed by atoms with van der Waals surface area (Å²) in [6.45, 7) is 0. The first-order chi connectivity index (χ1) is 14.9. The van der Waals surface area contributed by atoms with E-state index in [0.29, 0.717) is 49.1 Å². The van der Waals surface area contributed by atoms with Crippen molar-refractivity contribution in [3.8, 4) is 17.2 Å². The van der Waals surface area contributed by atoms with E-state index in [1.807, 2.05) is 12.1 Å². The fourth-order valence-corrected chi connectivity index (χ4v) is 3.70. The maximum Gasteiger partial charge on any atom is 0.248 e. The maximum atomic E-state index is 12.4. The summed E-state index contributed by atoms with van der Waals surface area (Å²) in [5.74, 6) is 0.577. The summed E-state index contributed by atoms with van der Waals surface area (Å²) in [4.78, 5) is 16.9. The van der Waals surface area contributed by atoms with Crippen LogP contribution in [0.1, 0.15) is 5.56 Å². The molecule has 0 fully saturated rings. The zero-order valence-electron chi connectivity index (χ0n) is 16.2. The Morgan fingerprint density at radius 3 is 2.55 bits per heavy atom. The second-order valence-electron chi connectivity index (χ2n) is 6.54. The second kappa shape index (κ2) is 9.02. The van der Waals surface area contributed by atoms with Gasteiger partial charge in [-0.1, -0.05) is 34.8 Å². The van der Waals surface area contributed by atoms with Crippen LogP contribution in [0.4, 0.5) is 5.69 Å². The molecule has 0 aliphatic rings. The highest BCUT2D eigenvalue weighted by molar-refractivity contribution is 6.36. The summed E-state index contributed by atoms with van der Waals surface area (Å²) in [7, 11) is 1.50. The van der Waals surface area contributed by atoms with Gasteiger partial charge < -0.3 is 14.5 Å². The van der Waals surface area contributed by atoms with Crippen LogP contribution >= 0.6 is 34.8 Å². The summed E-state index contributed by atoms with van der Waals surface area (Å²) in [6.07, 6.45) is 2.95. The topological polar surface area (TPSA) is 64.4 Å². The molecule has 0 radical (unpaired) electrons. The molecule has 0 spiro atoms. The normalized spacial score (nSPS) is 11.2. The molecular weight excluding hydrogens is 459 g/mol. The number of oxazole rings is 1. The number of rotatable bonds is 5. The molecule has 1 heterocycles. The van der Waals surface area contributed by atoms with Gasteiger partial charge in [-0.3, -0.25) is 4.79 Å². The lowest BCUT2D eigenvalue weighted by Gasteiger charge is -2.08. The largest absolute Gasteiger partial charge is 0.495 e. The molecule has 156 valence electrons. The van der Waals surface area contributed by atoms with Crippen molar-refractivity contribution in [2.24, 2.45) is 0 Å². The number of halogens is 3. The monoisotopic (exact) mass is 472 g/mol. The number of anilines is 1. The fourth-order valence-electron chi connectivity index (χ4n) is 2.99. The minimum Gasteiger partial charge on any atom is -0.495 e. The second-order valence-corrected chi connectivity index (χ2v) is 7.82. The Balaban J connectivity index is 1.53. The summed E-state index contributed by atoms with van der Waals surface area (Å²) in [5.41, 5.74) is 3.21. The smallest absolute Gasteiger partial charge is 0.248 e. The number of carbonyl (C=O) groups excluding carboxylic acids is 1. The van der Waals surface area contributed by atoms with Gasteiger partial charge in [-0.15, -0.1) is 0 Å². The van der Waals surface area contributed by atoms with E-state index in [1.54, 1.807) is 48.5 Å². The number of amides is 1. The van der Waals surface area contributed by atoms with Crippen LogP contribution in [0.15, 0.2) is 65.1 Å². The Bertz CT molecular complexity index is 1300. The fraction of sp³-hybridized carbons (Fsp3) is 0.0435. The molecule has 1 N–H and O–H groups in total. The summed E-state index contributed by atoms with van der Waals surface area (Å²) >= 11 is 18.1. The van der Waals surface area contributed by atoms with Crippen molar-refractivity contribution in [2.45, 2.75) is 0 Å². The molecule has 31 heavy (non-hydrogen) atoms. The highest BCUT2D eigenvalue weighted by atomic mass is 35.5. The lowest BCUT2D eigenvalue weighted by molar-refractivity contribution is -0.111. The van der Waals surface area contributed by atoms with Crippen LogP contribution in [-0.2, 0) is 4.79 Å². The molecule has 3 aromatic carbocycles. The minimum atomic E-state index is -0.334. The highest BCUT2D eigenvalue weighted by Crippen LogP contribution is 2.33. The van der Waals surface area contributed by atoms with E-state index in [9.17, 15) is 4.79 Å². The van der Waals surface area contributed by atoms with E-state index in [1.165, 1.54) is 13.2 Å². The van der Waals surface area contributed by atoms with Crippen LogP contribution in [0.25, 0.3) is 28.6 Å². The molecule has 1 aromatic heterocycles. The third kappa shape index (κ3) is 4.85. The van der Waals surface area contributed by atoms with Crippen molar-refractivity contribution in [3.05, 3.63) is 81.3 Å². The first-order valence-corrected chi connectivity index (χ1v) is 10.2. The molecule has 4 aromatic rings. The molecule has 0 aliphatic heterocycles. The van der Waals surface area contributed by atoms with Gasteiger partial charge in [-0.25, -0.2) is 4.98 Å². The Morgan fingerprint density at radius 2 is 1.81 bits per heavy atom. The van der Waals surface area contributed by atoms with Crippen LogP contribution < -0.4 is 10.1 Å². The third-order valence-corrected chi connectivity index (χ3v) is 5.15. The van der Waals surface area contributed by atoms with Crippen LogP contribution in [0.2, 0.25) is 15.1 Å². The molecule has 4 rings (SSSR count). The van der Waals surface area contributed by atoms with Crippen LogP contribution in [0.3, 0.4) is 0 Å². The van der Waals surface area contributed by atoms with Crippen molar-refractivity contribution in [1.29, 1.82) is 0 Å². The number of methoxy groups -OCH3 is 1. The first-order valence-electron chi connectivity index (χ1n) is 9.11. The number of nitrogens with zero attached hydrogens (tertiary/aromatic N) is 1. The van der Waals surface area contributed by atoms with Gasteiger partial charge in [0, 0.05) is 32.9 Å². The van der Waals surface area contributed by atoms with E-state index in [-0.39, 0.29) is 5.91 Å². The number of aromatic nitrogens is 1. The summed E-state index contributed by atoms with van der Waals surface area (Å²) in [6, 6.07) is 15.7. The lowest BCUT2D eigenvalue weighted by atomic mass is 10.2. The Labute approximate surface area is 193 Å². The van der Waals surface area contributed by atoms with E-state index in [4.69, 9.17) is 44.0 Å². The Hall–Kier alpha value is -2.99. The highest BCUT2D eigenvalue weighted by Gasteiger charge is 2.11. The van der Waals surface area contributed by atoms with Gasteiger partial charge in [-0.05, 0) is 60.7 Å². The number of hydrogen-bond donors (Lipinski definition) is 1. The van der Waals surface area contributed by atoms with Gasteiger partial charge in [0.15, 0.2) is 5.58 Å². The molecule has 0 aliphatic carbocycles. The quantitative estimate of drug-likeness (QED) is 0.314. The molecule has 0 atom stereocenters. The zero-order valence-corrected chi connectivity index (χ0v) is 18.4. The number of hydrogen-bond acceptors (Lipinski definition) is 4. The van der Waals surface area contributed by atoms with Gasteiger partial charge in [-0.2, -0.15) is 0 Å². The standard InChI is InChI=1S/C23H15Cl3N2O3/c1-30-22-14(10-16(25)11-18(22)26)4-9-21(29)27-17-7-8-20-19(12-17)28-23(31-20)13-2-5-15(24)6-3-13/h2-12H,1H3,(H,27,29)/b9-4+. The average molecular weight is 474 g/mol. The van der Waals surface area contributed by atoms with Gasteiger partial charge >= 0.3 is 0 Å². The van der Waals surface area contributed by atoms with Crippen LogP contribution in [0, 0.1) is 0 Å². The van der Waals surface area contributed by atoms with Gasteiger partial charge in [0.25, 0.3) is 0 Å². The summed E-state index contributed by atoms with van der Waals surface area (Å²) in [5, 5.41) is 4.24. The predicted octanol–water partition coefficient (Wildman–Crippen LogP) is 7.12. The minimum absolute atomic E-state index is 0.334. The van der Waals surface area contributed by atoms with Crippen molar-refractivity contribution in [1.82, 2.24) is 4.98 Å². The van der Waals surface area contributed by atoms with Gasteiger partial charge in [0.1, 0.15) is 11.3 Å². The summed E-state index contributed by atoms with van der Waals surface area (Å²) < 4.78 is 11.1. The Kier molecular flexibility index (Phi) is 6.18. The van der Waals surface area contributed by atoms with E-state index < -0.39 is 0 Å². The number of carbonyl (C=O) groups is 1. The maximum absolute atomic E-state index is 12.4. The van der Waals surface area contributed by atoms with Crippen molar-refractivity contribution >= 4 is 63.6 Å². The zero-order chi connectivity index (χ0) is 22.0. The van der Waals surface area contributed by atoms with E-state index in [2.05, 4.69) is 10.3 Å². The molecule has 5 nitrogen and oxygen atoms in total. The van der Waals surface area contributed by atoms with Crippen LogP contribution in [0.5, 0.6) is 5.75 Å². The number of ether oxygens (including phenoxy) is 1. The van der Waals surface area contributed by atoms with Gasteiger partial charge in [0.2, 0.25) is 11.8 Å². The SMILES string of the molecule is COc1c(Cl)cc(Cl)cc1/C=C/C(=O)Nc1ccc2oc(-c3ccc(Cl)cc3)nc2c1. The van der Waals surface area contributed by atoms with Crippen molar-refractivity contribution in [2.75, 3.05) is 12.4 Å². The van der Waals surface area contributed by atoms with E-state index in [0.717, 1.165) is 5.56 Å². The number of benzene rings is 3. The Morgan fingerprint density at radius 1 is 1.03 bits per heavy atom. The lowest BCUT2D eigenvalue weighted by Crippen LogP contribution is -2.07. The van der Waals surface area contributed by atoms with Crippen molar-refractivity contribution in [3.63, 3.8) is 0 Å². The molecular formula is C23H15Cl3N2O3. The number of nitrogens with one attached hydrogen (secondary N) is 1. The molecule has 8 heteroatoms. The average Bonchev–Trinajstić information content (AvgIpc) is 3.16. The molecule has 0 unspecified atom stereocenters. The van der Waals surface area contributed by atoms with Crippen molar-refractivity contribution < 1.29 is 13.9 Å². The van der Waals surface area contributed by atoms with Crippen LogP contribution in [-0.4, -0.2) is 18.0 Å². The third-order valence-electron chi connectivity index (χ3n) is 4.40. The predicted molar refractivity (Wildman–Crippen MR) is 125 cm³/mol. The molecule has 0 saturated carbocycles. The molecule has 1 amide bonds. The first kappa shape index (κ1) is 21.2. The molecule has 0 bridgehead atoms. The van der Waals surface area contributed by atoms with Gasteiger partial charge in [0.05, 0.1) is 12.1 Å².